The molecule has 1 heterocycles. The molecule has 0 spiro atoms. The summed E-state index contributed by atoms with van der Waals surface area (Å²) in [5.74, 6) is -0.353. The number of nitrogens with zero attached hydrogens (tertiary/aromatic N) is 1. The number of amides is 1. The van der Waals surface area contributed by atoms with Gasteiger partial charge < -0.3 is 15.4 Å². The van der Waals surface area contributed by atoms with Crippen LogP contribution in [0, 0.1) is 0 Å². The number of methoxy groups -OCH3 is 1. The molecule has 0 aromatic heterocycles. The molecule has 2 N–H and O–H groups in total. The van der Waals surface area contributed by atoms with E-state index in [0.29, 0.717) is 5.56 Å². The Bertz CT molecular complexity index is 831. The van der Waals surface area contributed by atoms with Gasteiger partial charge in [0.05, 0.1) is 12.7 Å². The number of hydrogen-bond donors (Lipinski definition) is 1. The van der Waals surface area contributed by atoms with Crippen LogP contribution in [0.5, 0.6) is 0 Å². The van der Waals surface area contributed by atoms with E-state index in [9.17, 15) is 9.59 Å². The standard InChI is InChI=1S/C20H22N2O3/c1-12-9-18(21)17-11-15(7-8-19(17)22(12)13(2)23)14-5-4-6-16(10-14)20(24)25-3/h4-8,10-12,18H,9,21H2,1-3H3/t12-,18+/m0/s1. The molecule has 0 aliphatic carbocycles. The summed E-state index contributed by atoms with van der Waals surface area (Å²) in [6.45, 7) is 3.59. The smallest absolute Gasteiger partial charge is 0.337 e. The van der Waals surface area contributed by atoms with Crippen molar-refractivity contribution in [2.45, 2.75) is 32.4 Å². The van der Waals surface area contributed by atoms with Crippen LogP contribution < -0.4 is 10.6 Å². The van der Waals surface area contributed by atoms with Gasteiger partial charge in [-0.15, -0.1) is 0 Å². The van der Waals surface area contributed by atoms with Crippen LogP contribution in [0.15, 0.2) is 42.5 Å². The molecule has 5 nitrogen and oxygen atoms in total. The third kappa shape index (κ3) is 3.15. The predicted octanol–water partition coefficient (Wildman–Crippen LogP) is 3.29. The summed E-state index contributed by atoms with van der Waals surface area (Å²) >= 11 is 0. The van der Waals surface area contributed by atoms with Gasteiger partial charge in [0.25, 0.3) is 0 Å². The fourth-order valence-electron chi connectivity index (χ4n) is 3.51. The highest BCUT2D eigenvalue weighted by molar-refractivity contribution is 5.94. The number of hydrogen-bond acceptors (Lipinski definition) is 4. The molecular formula is C20H22N2O3. The van der Waals surface area contributed by atoms with Gasteiger partial charge in [0.2, 0.25) is 5.91 Å². The molecule has 1 aliphatic heterocycles. The summed E-state index contributed by atoms with van der Waals surface area (Å²) in [4.78, 5) is 25.6. The minimum atomic E-state index is -0.368. The Morgan fingerprint density at radius 1 is 1.16 bits per heavy atom. The molecular weight excluding hydrogens is 316 g/mol. The van der Waals surface area contributed by atoms with E-state index < -0.39 is 0 Å². The Morgan fingerprint density at radius 3 is 2.56 bits per heavy atom. The molecule has 2 aromatic rings. The second-order valence-electron chi connectivity index (χ2n) is 6.43. The highest BCUT2D eigenvalue weighted by atomic mass is 16.5. The zero-order valence-electron chi connectivity index (χ0n) is 14.7. The van der Waals surface area contributed by atoms with Crippen molar-refractivity contribution in [3.05, 3.63) is 53.6 Å². The fraction of sp³-hybridized carbons (Fsp3) is 0.300. The van der Waals surface area contributed by atoms with E-state index in [2.05, 4.69) is 0 Å². The number of rotatable bonds is 2. The van der Waals surface area contributed by atoms with Crippen LogP contribution in [-0.2, 0) is 9.53 Å². The van der Waals surface area contributed by atoms with Crippen molar-refractivity contribution in [1.29, 1.82) is 0 Å². The first-order chi connectivity index (χ1) is 11.9. The van der Waals surface area contributed by atoms with Crippen LogP contribution in [-0.4, -0.2) is 25.0 Å². The maximum atomic E-state index is 12.0. The van der Waals surface area contributed by atoms with Gasteiger partial charge in [0, 0.05) is 24.7 Å². The average molecular weight is 338 g/mol. The molecule has 0 saturated heterocycles. The first-order valence-corrected chi connectivity index (χ1v) is 8.30. The Morgan fingerprint density at radius 2 is 1.88 bits per heavy atom. The van der Waals surface area contributed by atoms with Crippen molar-refractivity contribution in [2.24, 2.45) is 5.73 Å². The highest BCUT2D eigenvalue weighted by Crippen LogP contribution is 2.38. The lowest BCUT2D eigenvalue weighted by atomic mass is 9.89. The zero-order chi connectivity index (χ0) is 18.1. The summed E-state index contributed by atoms with van der Waals surface area (Å²) < 4.78 is 4.78. The molecule has 2 aromatic carbocycles. The average Bonchev–Trinajstić information content (AvgIpc) is 2.60. The molecule has 5 heteroatoms. The monoisotopic (exact) mass is 338 g/mol. The van der Waals surface area contributed by atoms with Gasteiger partial charge in [-0.1, -0.05) is 18.2 Å². The molecule has 130 valence electrons. The lowest BCUT2D eigenvalue weighted by molar-refractivity contribution is -0.117. The van der Waals surface area contributed by atoms with E-state index >= 15 is 0 Å². The Hall–Kier alpha value is -2.66. The Kier molecular flexibility index (Phi) is 4.59. The van der Waals surface area contributed by atoms with E-state index in [1.165, 1.54) is 7.11 Å². The minimum Gasteiger partial charge on any atom is -0.465 e. The van der Waals surface area contributed by atoms with Gasteiger partial charge in [0.15, 0.2) is 0 Å². The van der Waals surface area contributed by atoms with Crippen LogP contribution in [0.4, 0.5) is 5.69 Å². The third-order valence-electron chi connectivity index (χ3n) is 4.68. The van der Waals surface area contributed by atoms with Crippen LogP contribution in [0.1, 0.15) is 42.2 Å². The van der Waals surface area contributed by atoms with Crippen molar-refractivity contribution in [2.75, 3.05) is 12.0 Å². The first-order valence-electron chi connectivity index (χ1n) is 8.30. The maximum Gasteiger partial charge on any atom is 0.337 e. The number of nitrogens with two attached hydrogens (primary N) is 1. The normalized spacial score (nSPS) is 19.3. The molecule has 0 radical (unpaired) electrons. The van der Waals surface area contributed by atoms with E-state index in [0.717, 1.165) is 28.8 Å². The van der Waals surface area contributed by atoms with Crippen LogP contribution in [0.3, 0.4) is 0 Å². The lowest BCUT2D eigenvalue weighted by Crippen LogP contribution is -2.43. The zero-order valence-corrected chi connectivity index (χ0v) is 14.7. The third-order valence-corrected chi connectivity index (χ3v) is 4.68. The van der Waals surface area contributed by atoms with E-state index in [1.807, 2.05) is 37.3 Å². The SMILES string of the molecule is COC(=O)c1cccc(-c2ccc3c(c2)[C@H](N)C[C@H](C)N3C(C)=O)c1. The van der Waals surface area contributed by atoms with Crippen LogP contribution in [0.2, 0.25) is 0 Å². The molecule has 3 rings (SSSR count). The summed E-state index contributed by atoms with van der Waals surface area (Å²) in [6.07, 6.45) is 0.720. The second kappa shape index (κ2) is 6.69. The number of ether oxygens (including phenoxy) is 1. The molecule has 0 saturated carbocycles. The maximum absolute atomic E-state index is 12.0. The highest BCUT2D eigenvalue weighted by Gasteiger charge is 2.30. The number of carbonyl (C=O) groups is 2. The molecule has 0 unspecified atom stereocenters. The Labute approximate surface area is 147 Å². The van der Waals surface area contributed by atoms with Crippen molar-refractivity contribution in [3.8, 4) is 11.1 Å². The minimum absolute atomic E-state index is 0.0149. The number of carbonyl (C=O) groups excluding carboxylic acids is 2. The number of anilines is 1. The van der Waals surface area contributed by atoms with Crippen molar-refractivity contribution < 1.29 is 14.3 Å². The lowest BCUT2D eigenvalue weighted by Gasteiger charge is -2.38. The number of esters is 1. The molecule has 25 heavy (non-hydrogen) atoms. The van der Waals surface area contributed by atoms with Gasteiger partial charge in [0.1, 0.15) is 0 Å². The summed E-state index contributed by atoms with van der Waals surface area (Å²) in [5, 5.41) is 0. The molecule has 1 amide bonds. The van der Waals surface area contributed by atoms with Gasteiger partial charge in [-0.2, -0.15) is 0 Å². The molecule has 0 fully saturated rings. The van der Waals surface area contributed by atoms with E-state index in [4.69, 9.17) is 10.5 Å². The van der Waals surface area contributed by atoms with Crippen molar-refractivity contribution in [1.82, 2.24) is 0 Å². The quantitative estimate of drug-likeness (QED) is 0.853. The van der Waals surface area contributed by atoms with Crippen molar-refractivity contribution >= 4 is 17.6 Å². The van der Waals surface area contributed by atoms with E-state index in [-0.39, 0.29) is 24.0 Å². The molecule has 1 aliphatic rings. The van der Waals surface area contributed by atoms with Crippen molar-refractivity contribution in [3.63, 3.8) is 0 Å². The topological polar surface area (TPSA) is 72.6 Å². The first kappa shape index (κ1) is 17.2. The largest absolute Gasteiger partial charge is 0.465 e. The number of benzene rings is 2. The Balaban J connectivity index is 2.06. The molecule has 0 bridgehead atoms. The number of fused-ring (bicyclic) bond motifs is 1. The van der Waals surface area contributed by atoms with Gasteiger partial charge in [-0.25, -0.2) is 4.79 Å². The summed E-state index contributed by atoms with van der Waals surface area (Å²) in [6, 6.07) is 13.1. The van der Waals surface area contributed by atoms with Crippen LogP contribution >= 0.6 is 0 Å². The van der Waals surface area contributed by atoms with Gasteiger partial charge in [-0.05, 0) is 54.3 Å². The second-order valence-corrected chi connectivity index (χ2v) is 6.43. The summed E-state index contributed by atoms with van der Waals surface area (Å²) in [5.41, 5.74) is 10.5. The van der Waals surface area contributed by atoms with Gasteiger partial charge in [-0.3, -0.25) is 4.79 Å². The van der Waals surface area contributed by atoms with Crippen LogP contribution in [0.25, 0.3) is 11.1 Å². The van der Waals surface area contributed by atoms with Gasteiger partial charge >= 0.3 is 5.97 Å². The predicted molar refractivity (Wildman–Crippen MR) is 97.4 cm³/mol. The van der Waals surface area contributed by atoms with E-state index in [1.54, 1.807) is 24.0 Å². The molecule has 2 atom stereocenters. The summed E-state index contributed by atoms with van der Waals surface area (Å²) in [7, 11) is 1.37. The fourth-order valence-corrected chi connectivity index (χ4v) is 3.51.